The predicted molar refractivity (Wildman–Crippen MR) is 60.5 cm³/mol. The molecule has 0 aliphatic rings. The summed E-state index contributed by atoms with van der Waals surface area (Å²) in [6.45, 7) is 1.56. The number of anilines is 1. The van der Waals surface area contributed by atoms with Crippen molar-refractivity contribution in [2.75, 3.05) is 5.73 Å². The molecule has 4 nitrogen and oxygen atoms in total. The van der Waals surface area contributed by atoms with Crippen molar-refractivity contribution in [1.29, 1.82) is 0 Å². The fourth-order valence-electron chi connectivity index (χ4n) is 1.37. The number of primary amides is 1. The maximum atomic E-state index is 13.5. The minimum absolute atomic E-state index is 0.118. The Morgan fingerprint density at radius 3 is 2.24 bits per heavy atom. The Balaban J connectivity index is 3.25. The largest absolute Gasteiger partial charge is 0.399 e. The molecule has 0 heterocycles. The Labute approximate surface area is 99.4 Å². The van der Waals surface area contributed by atoms with Crippen LogP contribution in [0.3, 0.4) is 0 Å². The Morgan fingerprint density at radius 2 is 1.88 bits per heavy atom. The summed E-state index contributed by atoms with van der Waals surface area (Å²) in [6.07, 6.45) is 0.130. The molecule has 0 fully saturated rings. The molecule has 2 unspecified atom stereocenters. The molecule has 1 rings (SSSR count). The van der Waals surface area contributed by atoms with E-state index in [1.54, 1.807) is 6.92 Å². The van der Waals surface area contributed by atoms with Gasteiger partial charge in [0.25, 0.3) is 0 Å². The van der Waals surface area contributed by atoms with Gasteiger partial charge >= 0.3 is 0 Å². The van der Waals surface area contributed by atoms with Crippen molar-refractivity contribution >= 4 is 22.4 Å². The molecule has 0 saturated heterocycles. The molecule has 7 heteroatoms. The van der Waals surface area contributed by atoms with Gasteiger partial charge in [-0.2, -0.15) is 0 Å². The van der Waals surface area contributed by atoms with E-state index in [-0.39, 0.29) is 12.1 Å². The van der Waals surface area contributed by atoms with E-state index in [1.807, 2.05) is 0 Å². The number of rotatable bonds is 4. The van der Waals surface area contributed by atoms with E-state index >= 15 is 0 Å². The first kappa shape index (κ1) is 13.6. The number of carbonyl (C=O) groups excluding carboxylic acids is 1. The first-order valence-electron chi connectivity index (χ1n) is 4.82. The van der Waals surface area contributed by atoms with Crippen molar-refractivity contribution in [3.05, 3.63) is 23.8 Å². The molecule has 4 N–H and O–H groups in total. The molecule has 0 spiro atoms. The van der Waals surface area contributed by atoms with Gasteiger partial charge < -0.3 is 11.5 Å². The molecule has 1 aromatic carbocycles. The topological polar surface area (TPSA) is 86.2 Å². The first-order valence-corrected chi connectivity index (χ1v) is 6.04. The molecule has 0 saturated carbocycles. The summed E-state index contributed by atoms with van der Waals surface area (Å²) in [7, 11) is -2.16. The summed E-state index contributed by atoms with van der Waals surface area (Å²) >= 11 is 0. The first-order chi connectivity index (χ1) is 7.88. The van der Waals surface area contributed by atoms with Gasteiger partial charge in [-0.1, -0.05) is 6.92 Å². The number of nitrogen functional groups attached to an aromatic ring is 1. The van der Waals surface area contributed by atoms with Gasteiger partial charge in [0.05, 0.1) is 10.8 Å². The minimum Gasteiger partial charge on any atom is -0.399 e. The van der Waals surface area contributed by atoms with Crippen molar-refractivity contribution in [2.45, 2.75) is 23.5 Å². The van der Waals surface area contributed by atoms with Crippen LogP contribution in [0.15, 0.2) is 17.0 Å². The standard InChI is InChI=1S/C10H12F2N2O2S/c1-2-8(10(14)15)17(16)9-6(11)3-5(13)4-7(9)12/h3-4,8H,2,13H2,1H3,(H2,14,15). The van der Waals surface area contributed by atoms with Crippen LogP contribution in [-0.2, 0) is 15.6 Å². The normalized spacial score (nSPS) is 14.3. The van der Waals surface area contributed by atoms with E-state index in [9.17, 15) is 17.8 Å². The molecule has 17 heavy (non-hydrogen) atoms. The zero-order valence-electron chi connectivity index (χ0n) is 9.07. The molecule has 0 aliphatic carbocycles. The summed E-state index contributed by atoms with van der Waals surface area (Å²) in [6, 6.07) is 1.70. The van der Waals surface area contributed by atoms with Crippen LogP contribution in [0, 0.1) is 11.6 Å². The Hall–Kier alpha value is -1.50. The number of nitrogens with two attached hydrogens (primary N) is 2. The second kappa shape index (κ2) is 5.22. The highest BCUT2D eigenvalue weighted by Gasteiger charge is 2.27. The summed E-state index contributed by atoms with van der Waals surface area (Å²) in [5.41, 5.74) is 10.1. The van der Waals surface area contributed by atoms with E-state index < -0.39 is 38.5 Å². The number of hydrogen-bond acceptors (Lipinski definition) is 3. The van der Waals surface area contributed by atoms with Crippen LogP contribution in [0.5, 0.6) is 0 Å². The molecule has 94 valence electrons. The zero-order chi connectivity index (χ0) is 13.2. The summed E-state index contributed by atoms with van der Waals surface area (Å²) < 4.78 is 38.8. The van der Waals surface area contributed by atoms with Crippen molar-refractivity contribution in [1.82, 2.24) is 0 Å². The van der Waals surface area contributed by atoms with E-state index in [1.165, 1.54) is 0 Å². The molecular weight excluding hydrogens is 250 g/mol. The van der Waals surface area contributed by atoms with Crippen LogP contribution in [0.25, 0.3) is 0 Å². The highest BCUT2D eigenvalue weighted by atomic mass is 32.2. The molecular formula is C10H12F2N2O2S. The third-order valence-electron chi connectivity index (χ3n) is 2.17. The van der Waals surface area contributed by atoms with Crippen molar-refractivity contribution < 1.29 is 17.8 Å². The lowest BCUT2D eigenvalue weighted by molar-refractivity contribution is -0.117. The number of halogens is 2. The van der Waals surface area contributed by atoms with Crippen LogP contribution < -0.4 is 11.5 Å². The highest BCUT2D eigenvalue weighted by Crippen LogP contribution is 2.23. The highest BCUT2D eigenvalue weighted by molar-refractivity contribution is 7.86. The smallest absolute Gasteiger partial charge is 0.233 e. The number of carbonyl (C=O) groups is 1. The van der Waals surface area contributed by atoms with Crippen LogP contribution in [-0.4, -0.2) is 15.4 Å². The Kier molecular flexibility index (Phi) is 4.17. The molecule has 0 radical (unpaired) electrons. The summed E-state index contributed by atoms with van der Waals surface area (Å²) in [4.78, 5) is 10.3. The minimum atomic E-state index is -2.16. The fraction of sp³-hybridized carbons (Fsp3) is 0.300. The van der Waals surface area contributed by atoms with Gasteiger partial charge in [0.15, 0.2) is 0 Å². The maximum Gasteiger partial charge on any atom is 0.233 e. The molecule has 2 atom stereocenters. The van der Waals surface area contributed by atoms with Crippen molar-refractivity contribution in [3.8, 4) is 0 Å². The van der Waals surface area contributed by atoms with Crippen LogP contribution in [0.4, 0.5) is 14.5 Å². The van der Waals surface area contributed by atoms with Gasteiger partial charge in [0.2, 0.25) is 5.91 Å². The molecule has 1 amide bonds. The van der Waals surface area contributed by atoms with Gasteiger partial charge in [0.1, 0.15) is 21.8 Å². The van der Waals surface area contributed by atoms with Gasteiger partial charge in [-0.25, -0.2) is 8.78 Å². The number of hydrogen-bond donors (Lipinski definition) is 2. The van der Waals surface area contributed by atoms with Crippen molar-refractivity contribution in [3.63, 3.8) is 0 Å². The Morgan fingerprint density at radius 1 is 1.41 bits per heavy atom. The maximum absolute atomic E-state index is 13.5. The van der Waals surface area contributed by atoms with Crippen LogP contribution >= 0.6 is 0 Å². The average Bonchev–Trinajstić information content (AvgIpc) is 2.15. The third-order valence-corrected chi connectivity index (χ3v) is 4.04. The monoisotopic (exact) mass is 262 g/mol. The van der Waals surface area contributed by atoms with E-state index in [0.29, 0.717) is 0 Å². The van der Waals surface area contributed by atoms with Gasteiger partial charge in [0, 0.05) is 5.69 Å². The molecule has 1 aromatic rings. The number of amides is 1. The summed E-state index contributed by atoms with van der Waals surface area (Å²) in [5, 5.41) is -1.12. The second-order valence-corrected chi connectivity index (χ2v) is 4.98. The van der Waals surface area contributed by atoms with E-state index in [0.717, 1.165) is 12.1 Å². The average molecular weight is 262 g/mol. The molecule has 0 aliphatic heterocycles. The zero-order valence-corrected chi connectivity index (χ0v) is 9.89. The van der Waals surface area contributed by atoms with Crippen LogP contribution in [0.1, 0.15) is 13.3 Å². The van der Waals surface area contributed by atoms with Gasteiger partial charge in [-0.05, 0) is 18.6 Å². The third kappa shape index (κ3) is 2.79. The van der Waals surface area contributed by atoms with Crippen molar-refractivity contribution in [2.24, 2.45) is 5.73 Å². The lowest BCUT2D eigenvalue weighted by atomic mass is 10.3. The predicted octanol–water partition coefficient (Wildman–Crippen LogP) is 0.918. The van der Waals surface area contributed by atoms with E-state index in [4.69, 9.17) is 11.5 Å². The number of benzene rings is 1. The Bertz CT molecular complexity index is 456. The second-order valence-electron chi connectivity index (χ2n) is 3.41. The quantitative estimate of drug-likeness (QED) is 0.791. The van der Waals surface area contributed by atoms with Gasteiger partial charge in [-0.3, -0.25) is 9.00 Å². The molecule has 0 bridgehead atoms. The summed E-state index contributed by atoms with van der Waals surface area (Å²) in [5.74, 6) is -2.94. The van der Waals surface area contributed by atoms with E-state index in [2.05, 4.69) is 0 Å². The molecule has 0 aromatic heterocycles. The SMILES string of the molecule is CCC(C(N)=O)S(=O)c1c(F)cc(N)cc1F. The van der Waals surface area contributed by atoms with Crippen LogP contribution in [0.2, 0.25) is 0 Å². The van der Waals surface area contributed by atoms with Gasteiger partial charge in [-0.15, -0.1) is 0 Å². The lowest BCUT2D eigenvalue weighted by Gasteiger charge is -2.12. The fourth-order valence-corrected chi connectivity index (χ4v) is 2.67. The lowest BCUT2D eigenvalue weighted by Crippen LogP contribution is -2.32.